The van der Waals surface area contributed by atoms with Gasteiger partial charge in [0.2, 0.25) is 5.91 Å². The van der Waals surface area contributed by atoms with Gasteiger partial charge in [-0.3, -0.25) is 9.59 Å². The number of benzene rings is 1. The molecule has 5 nitrogen and oxygen atoms in total. The molecule has 2 aliphatic heterocycles. The van der Waals surface area contributed by atoms with E-state index in [1.165, 1.54) is 11.1 Å². The standard InChI is InChI=1S/C20H27NO4/c1-15-6-8-16(9-7-15)4-2-3-5-18(22)21-12-17-13-25-11-10-20(17,14-21)19(23)24/h6-9,17H,2-5,10-14H2,1H3,(H,23,24)/t17-,20+/m0/s1. The lowest BCUT2D eigenvalue weighted by Crippen LogP contribution is -2.45. The van der Waals surface area contributed by atoms with Crippen LogP contribution < -0.4 is 0 Å². The number of fused-ring (bicyclic) bond motifs is 1. The number of carboxylic acid groups (broad SMARTS) is 1. The summed E-state index contributed by atoms with van der Waals surface area (Å²) in [4.78, 5) is 26.0. The van der Waals surface area contributed by atoms with Crippen LogP contribution in [0.15, 0.2) is 24.3 Å². The number of hydrogen-bond donors (Lipinski definition) is 1. The minimum absolute atomic E-state index is 0.0738. The van der Waals surface area contributed by atoms with Crippen LogP contribution in [0.5, 0.6) is 0 Å². The van der Waals surface area contributed by atoms with Gasteiger partial charge < -0.3 is 14.7 Å². The summed E-state index contributed by atoms with van der Waals surface area (Å²) in [7, 11) is 0. The Morgan fingerprint density at radius 2 is 2.04 bits per heavy atom. The molecule has 25 heavy (non-hydrogen) atoms. The number of carbonyl (C=O) groups excluding carboxylic acids is 1. The summed E-state index contributed by atoms with van der Waals surface area (Å²) in [6.07, 6.45) is 3.78. The number of carbonyl (C=O) groups is 2. The zero-order valence-electron chi connectivity index (χ0n) is 14.9. The van der Waals surface area contributed by atoms with Gasteiger partial charge in [0.25, 0.3) is 0 Å². The minimum atomic E-state index is -0.796. The van der Waals surface area contributed by atoms with Gasteiger partial charge >= 0.3 is 5.97 Å². The van der Waals surface area contributed by atoms with E-state index in [0.717, 1.165) is 19.3 Å². The molecule has 2 fully saturated rings. The maximum Gasteiger partial charge on any atom is 0.311 e. The highest BCUT2D eigenvalue weighted by Crippen LogP contribution is 2.42. The number of ether oxygens (including phenoxy) is 1. The van der Waals surface area contributed by atoms with Crippen LogP contribution in [0.1, 0.15) is 36.8 Å². The SMILES string of the molecule is Cc1ccc(CCCCC(=O)N2C[C@H]3COCC[C@@]3(C(=O)O)C2)cc1. The zero-order valence-corrected chi connectivity index (χ0v) is 14.9. The summed E-state index contributed by atoms with van der Waals surface area (Å²) in [5.74, 6) is -0.773. The molecule has 0 radical (unpaired) electrons. The van der Waals surface area contributed by atoms with Crippen molar-refractivity contribution in [2.75, 3.05) is 26.3 Å². The molecular weight excluding hydrogens is 318 g/mol. The molecule has 0 spiro atoms. The fraction of sp³-hybridized carbons (Fsp3) is 0.600. The Labute approximate surface area is 149 Å². The predicted octanol–water partition coefficient (Wildman–Crippen LogP) is 2.66. The Bertz CT molecular complexity index is 627. The van der Waals surface area contributed by atoms with Crippen molar-refractivity contribution < 1.29 is 19.4 Å². The molecule has 2 heterocycles. The van der Waals surface area contributed by atoms with Gasteiger partial charge in [-0.2, -0.15) is 0 Å². The van der Waals surface area contributed by atoms with Gasteiger partial charge in [-0.1, -0.05) is 29.8 Å². The van der Waals surface area contributed by atoms with Gasteiger partial charge in [0.05, 0.1) is 12.0 Å². The normalized spacial score (nSPS) is 25.6. The number of unbranched alkanes of at least 4 members (excludes halogenated alkanes) is 1. The molecule has 1 N–H and O–H groups in total. The first-order valence-corrected chi connectivity index (χ1v) is 9.16. The van der Waals surface area contributed by atoms with E-state index in [1.807, 2.05) is 0 Å². The van der Waals surface area contributed by atoms with Crippen molar-refractivity contribution in [1.29, 1.82) is 0 Å². The topological polar surface area (TPSA) is 66.8 Å². The second-order valence-electron chi connectivity index (χ2n) is 7.45. The van der Waals surface area contributed by atoms with E-state index < -0.39 is 11.4 Å². The van der Waals surface area contributed by atoms with Crippen molar-refractivity contribution in [3.63, 3.8) is 0 Å². The smallest absolute Gasteiger partial charge is 0.311 e. The molecule has 0 saturated carbocycles. The summed E-state index contributed by atoms with van der Waals surface area (Å²) < 4.78 is 5.44. The fourth-order valence-electron chi connectivity index (χ4n) is 4.01. The molecule has 1 amide bonds. The molecule has 0 aliphatic carbocycles. The lowest BCUT2D eigenvalue weighted by Gasteiger charge is -2.33. The molecule has 3 rings (SSSR count). The van der Waals surface area contributed by atoms with E-state index in [2.05, 4.69) is 31.2 Å². The molecule has 136 valence electrons. The van der Waals surface area contributed by atoms with Crippen LogP contribution in [-0.2, 0) is 20.7 Å². The van der Waals surface area contributed by atoms with Gasteiger partial charge in [-0.25, -0.2) is 0 Å². The maximum atomic E-state index is 12.5. The van der Waals surface area contributed by atoms with Crippen LogP contribution in [0.25, 0.3) is 0 Å². The highest BCUT2D eigenvalue weighted by molar-refractivity contribution is 5.81. The van der Waals surface area contributed by atoms with Crippen molar-refractivity contribution >= 4 is 11.9 Å². The Kier molecular flexibility index (Phi) is 5.42. The third-order valence-electron chi connectivity index (χ3n) is 5.71. The summed E-state index contributed by atoms with van der Waals surface area (Å²) >= 11 is 0. The zero-order chi connectivity index (χ0) is 17.9. The van der Waals surface area contributed by atoms with Crippen molar-refractivity contribution in [3.05, 3.63) is 35.4 Å². The largest absolute Gasteiger partial charge is 0.481 e. The van der Waals surface area contributed by atoms with Gasteiger partial charge in [-0.05, 0) is 38.2 Å². The first-order valence-electron chi connectivity index (χ1n) is 9.16. The van der Waals surface area contributed by atoms with Gasteiger partial charge in [-0.15, -0.1) is 0 Å². The molecular formula is C20H27NO4. The monoisotopic (exact) mass is 345 g/mol. The molecule has 2 atom stereocenters. The molecule has 5 heteroatoms. The maximum absolute atomic E-state index is 12.5. The van der Waals surface area contributed by atoms with Gasteiger partial charge in [0, 0.05) is 32.0 Å². The number of hydrogen-bond acceptors (Lipinski definition) is 3. The summed E-state index contributed by atoms with van der Waals surface area (Å²) in [5.41, 5.74) is 1.76. The fourth-order valence-corrected chi connectivity index (χ4v) is 4.01. The van der Waals surface area contributed by atoms with Crippen molar-refractivity contribution in [3.8, 4) is 0 Å². The Morgan fingerprint density at radius 1 is 1.28 bits per heavy atom. The van der Waals surface area contributed by atoms with E-state index in [0.29, 0.717) is 39.1 Å². The van der Waals surface area contributed by atoms with Crippen LogP contribution in [0.3, 0.4) is 0 Å². The number of amides is 1. The van der Waals surface area contributed by atoms with Crippen molar-refractivity contribution in [2.45, 2.75) is 39.0 Å². The van der Waals surface area contributed by atoms with Gasteiger partial charge in [0.1, 0.15) is 0 Å². The number of nitrogens with zero attached hydrogens (tertiary/aromatic N) is 1. The van der Waals surface area contributed by atoms with Crippen LogP contribution in [-0.4, -0.2) is 48.2 Å². The summed E-state index contributed by atoms with van der Waals surface area (Å²) in [6, 6.07) is 8.50. The molecule has 2 aliphatic rings. The average Bonchev–Trinajstić information content (AvgIpc) is 3.01. The molecule has 1 aromatic rings. The average molecular weight is 345 g/mol. The molecule has 0 aromatic heterocycles. The number of rotatable bonds is 6. The van der Waals surface area contributed by atoms with Crippen LogP contribution in [0, 0.1) is 18.3 Å². The van der Waals surface area contributed by atoms with E-state index in [-0.39, 0.29) is 11.8 Å². The summed E-state index contributed by atoms with van der Waals surface area (Å²) in [6.45, 7) is 3.85. The van der Waals surface area contributed by atoms with Crippen molar-refractivity contribution in [1.82, 2.24) is 4.90 Å². The lowest BCUT2D eigenvalue weighted by atomic mass is 9.74. The van der Waals surface area contributed by atoms with Crippen LogP contribution in [0.4, 0.5) is 0 Å². The summed E-state index contributed by atoms with van der Waals surface area (Å²) in [5, 5.41) is 9.66. The van der Waals surface area contributed by atoms with E-state index >= 15 is 0 Å². The quantitative estimate of drug-likeness (QED) is 0.805. The van der Waals surface area contributed by atoms with E-state index in [1.54, 1.807) is 4.90 Å². The Balaban J connectivity index is 1.47. The number of aryl methyl sites for hydroxylation is 2. The van der Waals surface area contributed by atoms with Crippen LogP contribution in [0.2, 0.25) is 0 Å². The molecule has 0 bridgehead atoms. The van der Waals surface area contributed by atoms with Crippen molar-refractivity contribution in [2.24, 2.45) is 11.3 Å². The molecule has 0 unspecified atom stereocenters. The third-order valence-corrected chi connectivity index (χ3v) is 5.71. The second-order valence-corrected chi connectivity index (χ2v) is 7.45. The predicted molar refractivity (Wildman–Crippen MR) is 94.3 cm³/mol. The first-order chi connectivity index (χ1) is 12.0. The molecule has 1 aromatic carbocycles. The number of aliphatic carboxylic acids is 1. The highest BCUT2D eigenvalue weighted by atomic mass is 16.5. The lowest BCUT2D eigenvalue weighted by molar-refractivity contribution is -0.157. The van der Waals surface area contributed by atoms with E-state index in [4.69, 9.17) is 4.74 Å². The van der Waals surface area contributed by atoms with Gasteiger partial charge in [0.15, 0.2) is 0 Å². The highest BCUT2D eigenvalue weighted by Gasteiger charge is 2.54. The number of likely N-dealkylation sites (tertiary alicyclic amines) is 1. The van der Waals surface area contributed by atoms with Crippen LogP contribution >= 0.6 is 0 Å². The third kappa shape index (κ3) is 3.87. The Hall–Kier alpha value is -1.88. The first kappa shape index (κ1) is 17.9. The second kappa shape index (κ2) is 7.56. The van der Waals surface area contributed by atoms with E-state index in [9.17, 15) is 14.7 Å². The number of carboxylic acids is 1. The molecule has 2 saturated heterocycles. The Morgan fingerprint density at radius 3 is 2.72 bits per heavy atom. The minimum Gasteiger partial charge on any atom is -0.481 e.